The minimum atomic E-state index is -2.91. The molecule has 1 amide bonds. The number of fused-ring (bicyclic) bond motifs is 1. The van der Waals surface area contributed by atoms with Crippen LogP contribution in [0.5, 0.6) is 0 Å². The summed E-state index contributed by atoms with van der Waals surface area (Å²) < 4.78 is 40.8. The number of amidine groups is 1. The molecule has 4 nitrogen and oxygen atoms in total. The molecule has 1 N–H and O–H groups in total. The molecule has 0 fully saturated rings. The fraction of sp³-hybridized carbons (Fsp3) is 0.333. The average molecular weight is 428 g/mol. The average Bonchev–Trinajstić information content (AvgIpc) is 2.95. The van der Waals surface area contributed by atoms with E-state index in [4.69, 9.17) is 0 Å². The molecule has 1 aromatic carbocycles. The van der Waals surface area contributed by atoms with Gasteiger partial charge in [-0.2, -0.15) is 0 Å². The molecule has 1 aromatic rings. The van der Waals surface area contributed by atoms with Crippen molar-refractivity contribution >= 4 is 27.7 Å². The Morgan fingerprint density at radius 2 is 2.08 bits per heavy atom. The lowest BCUT2D eigenvalue weighted by molar-refractivity contribution is -0.117. The minimum absolute atomic E-state index is 0.0146. The van der Waals surface area contributed by atoms with Crippen LogP contribution < -0.4 is 5.32 Å². The van der Waals surface area contributed by atoms with Gasteiger partial charge >= 0.3 is 0 Å². The fourth-order valence-electron chi connectivity index (χ4n) is 2.97. The number of benzene rings is 1. The van der Waals surface area contributed by atoms with E-state index in [0.717, 1.165) is 6.07 Å². The second-order valence-electron chi connectivity index (χ2n) is 6.24. The normalized spacial score (nSPS) is 20.3. The number of nitrogens with one attached hydrogen (secondary N) is 1. The highest BCUT2D eigenvalue weighted by Crippen LogP contribution is 2.29. The Balaban J connectivity index is 1.82. The standard InChI is InChI=1S/C18H17BrF3N3O/c1-9-7-23-17-14(6-11(19)8-25(9)17)18(26)24-10(2)12-4-3-5-13(15(12)20)16(21)22/h3-6,8-10,16H,7H2,1-2H3,(H,24,26)/t9-,10-/m1/s1. The topological polar surface area (TPSA) is 44.7 Å². The maximum atomic E-state index is 14.3. The van der Waals surface area contributed by atoms with Crippen LogP contribution in [0.25, 0.3) is 0 Å². The fourth-order valence-corrected chi connectivity index (χ4v) is 3.42. The Morgan fingerprint density at radius 1 is 1.38 bits per heavy atom. The first-order valence-corrected chi connectivity index (χ1v) is 8.88. The zero-order valence-corrected chi connectivity index (χ0v) is 15.7. The molecule has 2 aliphatic heterocycles. The van der Waals surface area contributed by atoms with Gasteiger partial charge < -0.3 is 10.2 Å². The minimum Gasteiger partial charge on any atom is -0.345 e. The molecule has 138 valence electrons. The molecule has 0 radical (unpaired) electrons. The molecule has 26 heavy (non-hydrogen) atoms. The highest BCUT2D eigenvalue weighted by Gasteiger charge is 2.32. The Hall–Kier alpha value is -2.09. The third-order valence-corrected chi connectivity index (χ3v) is 4.80. The van der Waals surface area contributed by atoms with Gasteiger partial charge in [-0.1, -0.05) is 18.2 Å². The number of aliphatic imine (C=N–C) groups is 1. The molecule has 0 bridgehead atoms. The number of alkyl halides is 2. The highest BCUT2D eigenvalue weighted by atomic mass is 79.9. The van der Waals surface area contributed by atoms with Gasteiger partial charge in [0.2, 0.25) is 0 Å². The smallest absolute Gasteiger partial charge is 0.266 e. The van der Waals surface area contributed by atoms with Crippen molar-refractivity contribution in [3.8, 4) is 0 Å². The lowest BCUT2D eigenvalue weighted by Crippen LogP contribution is -2.39. The summed E-state index contributed by atoms with van der Waals surface area (Å²) >= 11 is 3.37. The van der Waals surface area contributed by atoms with E-state index < -0.39 is 29.8 Å². The molecule has 2 aliphatic rings. The summed E-state index contributed by atoms with van der Waals surface area (Å²) in [4.78, 5) is 19.0. The maximum absolute atomic E-state index is 14.3. The van der Waals surface area contributed by atoms with Gasteiger partial charge in [0.1, 0.15) is 11.7 Å². The molecule has 0 aliphatic carbocycles. The summed E-state index contributed by atoms with van der Waals surface area (Å²) in [7, 11) is 0. The van der Waals surface area contributed by atoms with Crippen LogP contribution in [-0.4, -0.2) is 29.2 Å². The Labute approximate surface area is 157 Å². The molecule has 0 unspecified atom stereocenters. The zero-order chi connectivity index (χ0) is 19.0. The van der Waals surface area contributed by atoms with Gasteiger partial charge in [0.05, 0.1) is 29.8 Å². The van der Waals surface area contributed by atoms with E-state index in [1.807, 2.05) is 18.0 Å². The third kappa shape index (κ3) is 3.42. The zero-order valence-electron chi connectivity index (χ0n) is 14.1. The number of halogens is 4. The molecule has 2 atom stereocenters. The van der Waals surface area contributed by atoms with Crippen LogP contribution in [0.3, 0.4) is 0 Å². The number of allylic oxidation sites excluding steroid dienone is 2. The van der Waals surface area contributed by atoms with Gasteiger partial charge in [-0.3, -0.25) is 9.79 Å². The van der Waals surface area contributed by atoms with Crippen molar-refractivity contribution in [1.82, 2.24) is 10.2 Å². The van der Waals surface area contributed by atoms with Gasteiger partial charge in [-0.25, -0.2) is 13.2 Å². The van der Waals surface area contributed by atoms with Crippen LogP contribution in [0.1, 0.15) is 37.4 Å². The van der Waals surface area contributed by atoms with Crippen molar-refractivity contribution < 1.29 is 18.0 Å². The molecular formula is C18H17BrF3N3O. The van der Waals surface area contributed by atoms with Crippen LogP contribution in [0.4, 0.5) is 13.2 Å². The Bertz CT molecular complexity index is 835. The van der Waals surface area contributed by atoms with Crippen LogP contribution in [-0.2, 0) is 4.79 Å². The van der Waals surface area contributed by atoms with Gasteiger partial charge in [0, 0.05) is 16.2 Å². The number of carbonyl (C=O) groups is 1. The second-order valence-corrected chi connectivity index (χ2v) is 7.15. The van der Waals surface area contributed by atoms with E-state index >= 15 is 0 Å². The lowest BCUT2D eigenvalue weighted by atomic mass is 10.0. The lowest BCUT2D eigenvalue weighted by Gasteiger charge is -2.26. The number of rotatable bonds is 4. The molecular weight excluding hydrogens is 411 g/mol. The van der Waals surface area contributed by atoms with E-state index in [1.165, 1.54) is 12.1 Å². The molecule has 0 saturated carbocycles. The maximum Gasteiger partial charge on any atom is 0.266 e. The summed E-state index contributed by atoms with van der Waals surface area (Å²) in [5.41, 5.74) is -0.312. The first-order chi connectivity index (χ1) is 12.3. The SMILES string of the molecule is C[C@@H]1CN=C2C(C(=O)N[C@H](C)c3cccc(C(F)F)c3F)=CC(Br)=CN21. The quantitative estimate of drug-likeness (QED) is 0.781. The van der Waals surface area contributed by atoms with E-state index in [0.29, 0.717) is 22.4 Å². The predicted octanol–water partition coefficient (Wildman–Crippen LogP) is 4.22. The van der Waals surface area contributed by atoms with Gasteiger partial charge in [0.25, 0.3) is 12.3 Å². The van der Waals surface area contributed by atoms with Crippen LogP contribution >= 0.6 is 15.9 Å². The van der Waals surface area contributed by atoms with E-state index in [2.05, 4.69) is 26.2 Å². The largest absolute Gasteiger partial charge is 0.345 e. The van der Waals surface area contributed by atoms with Crippen molar-refractivity contribution in [2.45, 2.75) is 32.4 Å². The summed E-state index contributed by atoms with van der Waals surface area (Å²) in [6.07, 6.45) is 0.576. The van der Waals surface area contributed by atoms with Crippen molar-refractivity contribution in [3.63, 3.8) is 0 Å². The Kier molecular flexibility index (Phi) is 5.22. The highest BCUT2D eigenvalue weighted by molar-refractivity contribution is 9.11. The van der Waals surface area contributed by atoms with Gasteiger partial charge in [-0.15, -0.1) is 0 Å². The summed E-state index contributed by atoms with van der Waals surface area (Å²) in [5.74, 6) is -0.892. The molecule has 8 heteroatoms. The van der Waals surface area contributed by atoms with Crippen molar-refractivity contribution in [2.75, 3.05) is 6.54 Å². The molecule has 3 rings (SSSR count). The second kappa shape index (κ2) is 7.26. The monoisotopic (exact) mass is 427 g/mol. The predicted molar refractivity (Wildman–Crippen MR) is 96.6 cm³/mol. The van der Waals surface area contributed by atoms with Crippen molar-refractivity contribution in [2.24, 2.45) is 4.99 Å². The number of hydrogen-bond donors (Lipinski definition) is 1. The third-order valence-electron chi connectivity index (χ3n) is 4.36. The van der Waals surface area contributed by atoms with Crippen LogP contribution in [0, 0.1) is 5.82 Å². The summed E-state index contributed by atoms with van der Waals surface area (Å²) in [6.45, 7) is 4.11. The molecule has 2 heterocycles. The molecule has 0 saturated heterocycles. The molecule has 0 spiro atoms. The van der Waals surface area contributed by atoms with Crippen molar-refractivity contribution in [1.29, 1.82) is 0 Å². The van der Waals surface area contributed by atoms with E-state index in [1.54, 1.807) is 13.0 Å². The van der Waals surface area contributed by atoms with Crippen LogP contribution in [0.2, 0.25) is 0 Å². The van der Waals surface area contributed by atoms with E-state index in [9.17, 15) is 18.0 Å². The van der Waals surface area contributed by atoms with Crippen LogP contribution in [0.15, 0.2) is 45.5 Å². The van der Waals surface area contributed by atoms with Gasteiger partial charge in [-0.05, 0) is 35.9 Å². The van der Waals surface area contributed by atoms with Gasteiger partial charge in [0.15, 0.2) is 0 Å². The summed E-state index contributed by atoms with van der Waals surface area (Å²) in [6, 6.07) is 3.13. The Morgan fingerprint density at radius 3 is 2.77 bits per heavy atom. The number of carbonyl (C=O) groups excluding carboxylic acids is 1. The number of nitrogens with zero attached hydrogens (tertiary/aromatic N) is 2. The van der Waals surface area contributed by atoms with Crippen molar-refractivity contribution in [3.05, 3.63) is 57.5 Å². The first kappa shape index (κ1) is 18.7. The van der Waals surface area contributed by atoms with E-state index in [-0.39, 0.29) is 11.6 Å². The number of amides is 1. The molecule has 0 aromatic heterocycles. The first-order valence-electron chi connectivity index (χ1n) is 8.09. The number of hydrogen-bond acceptors (Lipinski definition) is 3. The summed E-state index contributed by atoms with van der Waals surface area (Å²) in [5, 5.41) is 2.67.